The fraction of sp³-hybridized carbons (Fsp3) is 0.254. The van der Waals surface area contributed by atoms with Gasteiger partial charge in [-0.15, -0.1) is 0 Å². The summed E-state index contributed by atoms with van der Waals surface area (Å²) in [4.78, 5) is 9.92. The van der Waals surface area contributed by atoms with Gasteiger partial charge in [-0.25, -0.2) is 4.98 Å². The van der Waals surface area contributed by atoms with Crippen molar-refractivity contribution in [2.75, 3.05) is 16.5 Å². The second kappa shape index (κ2) is 16.6. The summed E-state index contributed by atoms with van der Waals surface area (Å²) >= 11 is 0. The average molecular weight is 893 g/mol. The van der Waals surface area contributed by atoms with Gasteiger partial charge in [0.05, 0.1) is 22.4 Å². The lowest BCUT2D eigenvalue weighted by molar-refractivity contribution is 0.479. The standard InChI is InChI=1S/C63H64N4O/c1-60(2,3)45-30-31-64-59(38-45)67-55-25-19-18-24-53(55)54-28-27-51(40-57(54)67)68-52-36-48(62(7,8)9)35-50(39-52)65-41-66(49-33-43(42-20-14-12-15-21-42)32-47(34-49)61(4,5)6)58-37-46(26-29-56(58)65)63(10,11)44-22-16-13-17-23-44/h12-40H,41H2,1-11H3. The van der Waals surface area contributed by atoms with Crippen LogP contribution in [-0.2, 0) is 21.7 Å². The maximum Gasteiger partial charge on any atom is 0.137 e. The molecule has 3 heterocycles. The van der Waals surface area contributed by atoms with Gasteiger partial charge in [0.2, 0.25) is 0 Å². The molecule has 7 aromatic carbocycles. The van der Waals surface area contributed by atoms with E-state index in [1.54, 1.807) is 0 Å². The van der Waals surface area contributed by atoms with Crippen LogP contribution in [0.15, 0.2) is 176 Å². The molecule has 0 bridgehead atoms. The Kier molecular flexibility index (Phi) is 10.9. The Bertz CT molecular complexity index is 3320. The average Bonchev–Trinajstić information content (AvgIpc) is 3.87. The molecule has 2 aromatic heterocycles. The lowest BCUT2D eigenvalue weighted by Gasteiger charge is -2.28. The number of para-hydroxylation sites is 1. The number of anilines is 4. The van der Waals surface area contributed by atoms with Crippen molar-refractivity contribution >= 4 is 44.6 Å². The molecule has 1 aliphatic heterocycles. The van der Waals surface area contributed by atoms with Crippen molar-refractivity contribution in [3.8, 4) is 28.4 Å². The number of hydrogen-bond acceptors (Lipinski definition) is 4. The van der Waals surface area contributed by atoms with Gasteiger partial charge >= 0.3 is 0 Å². The molecule has 5 nitrogen and oxygen atoms in total. The monoisotopic (exact) mass is 893 g/mol. The normalized spacial score (nSPS) is 13.4. The molecule has 0 saturated carbocycles. The van der Waals surface area contributed by atoms with Crippen molar-refractivity contribution < 1.29 is 4.74 Å². The molecule has 0 N–H and O–H groups in total. The zero-order valence-electron chi connectivity index (χ0n) is 41.6. The third-order valence-electron chi connectivity index (χ3n) is 14.1. The number of ether oxygens (including phenoxy) is 1. The van der Waals surface area contributed by atoms with Crippen LogP contribution < -0.4 is 14.5 Å². The zero-order chi connectivity index (χ0) is 47.8. The van der Waals surface area contributed by atoms with Crippen LogP contribution in [0.25, 0.3) is 38.8 Å². The van der Waals surface area contributed by atoms with Crippen LogP contribution >= 0.6 is 0 Å². The quantitative estimate of drug-likeness (QED) is 0.152. The topological polar surface area (TPSA) is 33.5 Å². The van der Waals surface area contributed by atoms with E-state index in [1.165, 1.54) is 55.7 Å². The summed E-state index contributed by atoms with van der Waals surface area (Å²) in [7, 11) is 0. The summed E-state index contributed by atoms with van der Waals surface area (Å²) in [5.74, 6) is 2.47. The molecule has 10 rings (SSSR count). The summed E-state index contributed by atoms with van der Waals surface area (Å²) in [6, 6.07) is 62.1. The number of pyridine rings is 1. The third kappa shape index (κ3) is 8.33. The largest absolute Gasteiger partial charge is 0.457 e. The molecule has 0 amide bonds. The molecule has 0 unspecified atom stereocenters. The van der Waals surface area contributed by atoms with E-state index in [2.05, 4.69) is 260 Å². The number of aromatic nitrogens is 2. The SMILES string of the molecule is CC(C)(C)c1cc(Oc2ccc3c4ccccc4n(-c4cc(C(C)(C)C)ccn4)c3c2)cc(N2CN(c3cc(-c4ccccc4)cc(C(C)(C)C)c3)c3cc(C(C)(C)c4ccccc4)ccc32)c1. The van der Waals surface area contributed by atoms with Gasteiger partial charge in [0.15, 0.2) is 0 Å². The molecule has 0 aliphatic carbocycles. The van der Waals surface area contributed by atoms with Gasteiger partial charge in [-0.05, 0) is 122 Å². The molecule has 0 radical (unpaired) electrons. The molecular weight excluding hydrogens is 829 g/mol. The van der Waals surface area contributed by atoms with E-state index in [9.17, 15) is 0 Å². The molecular formula is C63H64N4O. The first kappa shape index (κ1) is 44.7. The fourth-order valence-electron chi connectivity index (χ4n) is 9.75. The Morgan fingerprint density at radius 2 is 1.03 bits per heavy atom. The van der Waals surface area contributed by atoms with Gasteiger partial charge in [0.25, 0.3) is 0 Å². The smallest absolute Gasteiger partial charge is 0.137 e. The van der Waals surface area contributed by atoms with Gasteiger partial charge in [0, 0.05) is 45.9 Å². The van der Waals surface area contributed by atoms with Crippen LogP contribution in [0.4, 0.5) is 22.7 Å². The van der Waals surface area contributed by atoms with Crippen molar-refractivity contribution in [2.24, 2.45) is 0 Å². The second-order valence-electron chi connectivity index (χ2n) is 22.3. The van der Waals surface area contributed by atoms with Crippen molar-refractivity contribution in [3.63, 3.8) is 0 Å². The highest BCUT2D eigenvalue weighted by molar-refractivity contribution is 6.09. The third-order valence-corrected chi connectivity index (χ3v) is 14.1. The predicted octanol–water partition coefficient (Wildman–Crippen LogP) is 17.1. The van der Waals surface area contributed by atoms with Crippen molar-refractivity contribution in [1.29, 1.82) is 0 Å². The highest BCUT2D eigenvalue weighted by atomic mass is 16.5. The summed E-state index contributed by atoms with van der Waals surface area (Å²) < 4.78 is 9.33. The molecule has 0 saturated heterocycles. The highest BCUT2D eigenvalue weighted by Gasteiger charge is 2.34. The Labute approximate surface area is 403 Å². The Morgan fingerprint density at radius 3 is 1.74 bits per heavy atom. The van der Waals surface area contributed by atoms with Gasteiger partial charge in [-0.1, -0.05) is 167 Å². The molecule has 342 valence electrons. The van der Waals surface area contributed by atoms with Crippen molar-refractivity contribution in [3.05, 3.63) is 204 Å². The molecule has 1 aliphatic rings. The maximum atomic E-state index is 7.04. The van der Waals surface area contributed by atoms with Crippen LogP contribution in [0.1, 0.15) is 104 Å². The minimum Gasteiger partial charge on any atom is -0.457 e. The molecule has 5 heteroatoms. The van der Waals surface area contributed by atoms with Gasteiger partial charge in [-0.3, -0.25) is 4.57 Å². The highest BCUT2D eigenvalue weighted by Crippen LogP contribution is 2.49. The summed E-state index contributed by atoms with van der Waals surface area (Å²) in [5.41, 5.74) is 15.0. The number of nitrogens with zero attached hydrogens (tertiary/aromatic N) is 4. The summed E-state index contributed by atoms with van der Waals surface area (Å²) in [6.45, 7) is 25.8. The van der Waals surface area contributed by atoms with E-state index in [0.717, 1.165) is 45.1 Å². The summed E-state index contributed by atoms with van der Waals surface area (Å²) in [6.07, 6.45) is 1.93. The lowest BCUT2D eigenvalue weighted by Crippen LogP contribution is -2.25. The van der Waals surface area contributed by atoms with E-state index in [-0.39, 0.29) is 21.7 Å². The first-order valence-electron chi connectivity index (χ1n) is 24.1. The number of hydrogen-bond donors (Lipinski definition) is 0. The Morgan fingerprint density at radius 1 is 0.412 bits per heavy atom. The van der Waals surface area contributed by atoms with Gasteiger partial charge in [0.1, 0.15) is 24.0 Å². The fourth-order valence-corrected chi connectivity index (χ4v) is 9.75. The maximum absolute atomic E-state index is 7.04. The molecule has 0 atom stereocenters. The molecule has 0 spiro atoms. The van der Waals surface area contributed by atoms with E-state index in [0.29, 0.717) is 6.67 Å². The van der Waals surface area contributed by atoms with E-state index >= 15 is 0 Å². The Hall–Kier alpha value is -7.11. The predicted molar refractivity (Wildman–Crippen MR) is 287 cm³/mol. The first-order chi connectivity index (χ1) is 32.3. The minimum absolute atomic E-state index is 0.0179. The Balaban J connectivity index is 1.11. The number of rotatable bonds is 8. The lowest BCUT2D eigenvalue weighted by atomic mass is 9.78. The van der Waals surface area contributed by atoms with Crippen molar-refractivity contribution in [1.82, 2.24) is 9.55 Å². The van der Waals surface area contributed by atoms with Gasteiger partial charge < -0.3 is 14.5 Å². The number of benzene rings is 7. The first-order valence-corrected chi connectivity index (χ1v) is 24.1. The zero-order valence-corrected chi connectivity index (χ0v) is 41.6. The van der Waals surface area contributed by atoms with Crippen LogP contribution in [0.3, 0.4) is 0 Å². The van der Waals surface area contributed by atoms with E-state index in [1.807, 2.05) is 6.20 Å². The van der Waals surface area contributed by atoms with E-state index < -0.39 is 0 Å². The van der Waals surface area contributed by atoms with Crippen LogP contribution in [0, 0.1) is 0 Å². The van der Waals surface area contributed by atoms with Crippen molar-refractivity contribution in [2.45, 2.75) is 97.8 Å². The summed E-state index contributed by atoms with van der Waals surface area (Å²) in [5, 5.41) is 2.35. The van der Waals surface area contributed by atoms with Crippen LogP contribution in [0.5, 0.6) is 11.5 Å². The molecule has 68 heavy (non-hydrogen) atoms. The van der Waals surface area contributed by atoms with Gasteiger partial charge in [-0.2, -0.15) is 0 Å². The van der Waals surface area contributed by atoms with Crippen LogP contribution in [0.2, 0.25) is 0 Å². The molecule has 0 fully saturated rings. The van der Waals surface area contributed by atoms with Crippen LogP contribution in [-0.4, -0.2) is 16.2 Å². The minimum atomic E-state index is -0.219. The second-order valence-corrected chi connectivity index (χ2v) is 22.3. The van der Waals surface area contributed by atoms with E-state index in [4.69, 9.17) is 9.72 Å². The molecule has 9 aromatic rings. The number of fused-ring (bicyclic) bond motifs is 4.